The van der Waals surface area contributed by atoms with Gasteiger partial charge in [-0.1, -0.05) is 0 Å². The fourth-order valence-electron chi connectivity index (χ4n) is 5.31. The Bertz CT molecular complexity index is 429. The van der Waals surface area contributed by atoms with Gasteiger partial charge in [-0.05, 0) is 68.6 Å². The minimum Gasteiger partial charge on any atom is -0.455 e. The van der Waals surface area contributed by atoms with E-state index in [0.29, 0.717) is 17.9 Å². The van der Waals surface area contributed by atoms with Crippen LogP contribution in [0.4, 0.5) is 0 Å². The van der Waals surface area contributed by atoms with Crippen LogP contribution in [0.25, 0.3) is 0 Å². The van der Waals surface area contributed by atoms with Crippen LogP contribution in [0.15, 0.2) is 0 Å². The molecule has 5 aliphatic carbocycles. The molecular formula is C17H25NO3. The number of likely N-dealkylation sites (N-methyl/N-ethyl adjacent to an activating group) is 1. The average molecular weight is 291 g/mol. The molecule has 0 atom stereocenters. The minimum atomic E-state index is -0.0960. The lowest BCUT2D eigenvalue weighted by Crippen LogP contribution is -2.48. The zero-order valence-corrected chi connectivity index (χ0v) is 12.8. The maximum atomic E-state index is 12.5. The summed E-state index contributed by atoms with van der Waals surface area (Å²) in [6, 6.07) is 0.386. The fraction of sp³-hybridized carbons (Fsp3) is 0.882. The van der Waals surface area contributed by atoms with Crippen LogP contribution in [0.2, 0.25) is 0 Å². The Kier molecular flexibility index (Phi) is 3.23. The minimum absolute atomic E-state index is 0.0466. The number of amides is 1. The number of rotatable bonds is 4. The maximum absolute atomic E-state index is 12.5. The summed E-state index contributed by atoms with van der Waals surface area (Å²) in [6.07, 6.45) is 8.41. The first-order valence-corrected chi connectivity index (χ1v) is 8.54. The highest BCUT2D eigenvalue weighted by atomic mass is 16.5. The standard InChI is InChI=1S/C17H25NO3/c1-18(14-2-3-14)15(19)9-21-17(20)16-12-5-10-4-11(7-12)8-13(16)6-10/h10-14,16H,2-9H2,1H3. The molecule has 4 bridgehead atoms. The van der Waals surface area contributed by atoms with Gasteiger partial charge in [0.05, 0.1) is 5.92 Å². The molecule has 5 saturated carbocycles. The van der Waals surface area contributed by atoms with Crippen molar-refractivity contribution in [3.63, 3.8) is 0 Å². The van der Waals surface area contributed by atoms with Crippen LogP contribution < -0.4 is 0 Å². The first-order chi connectivity index (χ1) is 10.1. The third-order valence-electron chi connectivity index (χ3n) is 6.32. The summed E-state index contributed by atoms with van der Waals surface area (Å²) in [7, 11) is 1.82. The summed E-state index contributed by atoms with van der Waals surface area (Å²) in [6.45, 7) is -0.0609. The monoisotopic (exact) mass is 291 g/mol. The molecule has 0 radical (unpaired) electrons. The second-order valence-electron chi connectivity index (χ2n) is 7.80. The Labute approximate surface area is 126 Å². The molecule has 5 rings (SSSR count). The van der Waals surface area contributed by atoms with Gasteiger partial charge in [0, 0.05) is 13.1 Å². The molecule has 0 spiro atoms. The molecule has 5 aliphatic rings. The van der Waals surface area contributed by atoms with E-state index in [1.165, 1.54) is 32.1 Å². The zero-order valence-electron chi connectivity index (χ0n) is 12.8. The van der Waals surface area contributed by atoms with Gasteiger partial charge < -0.3 is 9.64 Å². The molecule has 1 amide bonds. The van der Waals surface area contributed by atoms with E-state index < -0.39 is 0 Å². The highest BCUT2D eigenvalue weighted by molar-refractivity contribution is 5.82. The van der Waals surface area contributed by atoms with E-state index in [9.17, 15) is 9.59 Å². The van der Waals surface area contributed by atoms with Crippen LogP contribution in [0.5, 0.6) is 0 Å². The van der Waals surface area contributed by atoms with Crippen LogP contribution in [0.1, 0.15) is 44.9 Å². The van der Waals surface area contributed by atoms with Crippen molar-refractivity contribution in [2.24, 2.45) is 29.6 Å². The molecule has 116 valence electrons. The largest absolute Gasteiger partial charge is 0.455 e. The van der Waals surface area contributed by atoms with Gasteiger partial charge in [0.2, 0.25) is 0 Å². The van der Waals surface area contributed by atoms with E-state index in [4.69, 9.17) is 4.74 Å². The Morgan fingerprint density at radius 3 is 2.10 bits per heavy atom. The van der Waals surface area contributed by atoms with Gasteiger partial charge in [-0.3, -0.25) is 9.59 Å². The molecule has 0 aromatic heterocycles. The molecule has 0 aromatic carbocycles. The fourth-order valence-corrected chi connectivity index (χ4v) is 5.31. The number of esters is 1. The normalized spacial score (nSPS) is 40.1. The number of nitrogens with zero attached hydrogens (tertiary/aromatic N) is 1. The second-order valence-corrected chi connectivity index (χ2v) is 7.80. The Morgan fingerprint density at radius 2 is 1.57 bits per heavy atom. The quantitative estimate of drug-likeness (QED) is 0.746. The van der Waals surface area contributed by atoms with Crippen LogP contribution in [0.3, 0.4) is 0 Å². The third-order valence-corrected chi connectivity index (χ3v) is 6.32. The highest BCUT2D eigenvalue weighted by Gasteiger charge is 2.51. The molecule has 0 saturated heterocycles. The summed E-state index contributed by atoms with van der Waals surface area (Å²) in [5.74, 6) is 2.72. The third kappa shape index (κ3) is 2.47. The molecule has 0 unspecified atom stereocenters. The number of hydrogen-bond acceptors (Lipinski definition) is 3. The summed E-state index contributed by atoms with van der Waals surface area (Å²) in [4.78, 5) is 26.2. The molecule has 4 heteroatoms. The lowest BCUT2D eigenvalue weighted by Gasteiger charge is -2.53. The van der Waals surface area contributed by atoms with Crippen LogP contribution in [0, 0.1) is 29.6 Å². The van der Waals surface area contributed by atoms with Gasteiger partial charge in [-0.2, -0.15) is 0 Å². The van der Waals surface area contributed by atoms with E-state index in [2.05, 4.69) is 0 Å². The van der Waals surface area contributed by atoms with Crippen molar-refractivity contribution in [3.05, 3.63) is 0 Å². The zero-order chi connectivity index (χ0) is 14.6. The summed E-state index contributed by atoms with van der Waals surface area (Å²) < 4.78 is 5.40. The molecule has 0 heterocycles. The van der Waals surface area contributed by atoms with Gasteiger partial charge in [-0.25, -0.2) is 0 Å². The highest BCUT2D eigenvalue weighted by Crippen LogP contribution is 2.56. The van der Waals surface area contributed by atoms with Gasteiger partial charge in [0.1, 0.15) is 0 Å². The van der Waals surface area contributed by atoms with Gasteiger partial charge in [-0.15, -0.1) is 0 Å². The van der Waals surface area contributed by atoms with E-state index in [1.54, 1.807) is 4.90 Å². The van der Waals surface area contributed by atoms with Crippen molar-refractivity contribution in [1.82, 2.24) is 4.90 Å². The number of hydrogen-bond donors (Lipinski definition) is 0. The van der Waals surface area contributed by atoms with Crippen molar-refractivity contribution < 1.29 is 14.3 Å². The van der Waals surface area contributed by atoms with E-state index >= 15 is 0 Å². The first-order valence-electron chi connectivity index (χ1n) is 8.54. The molecule has 0 aliphatic heterocycles. The number of ether oxygens (including phenoxy) is 1. The van der Waals surface area contributed by atoms with Crippen molar-refractivity contribution in [3.8, 4) is 0 Å². The first kappa shape index (κ1) is 13.6. The Balaban J connectivity index is 1.34. The van der Waals surface area contributed by atoms with Gasteiger partial charge >= 0.3 is 5.97 Å². The molecular weight excluding hydrogens is 266 g/mol. The summed E-state index contributed by atoms with van der Waals surface area (Å²) in [5, 5.41) is 0. The van der Waals surface area contributed by atoms with Crippen LogP contribution in [-0.2, 0) is 14.3 Å². The van der Waals surface area contributed by atoms with E-state index in [-0.39, 0.29) is 24.4 Å². The topological polar surface area (TPSA) is 46.6 Å². The van der Waals surface area contributed by atoms with E-state index in [0.717, 1.165) is 24.7 Å². The summed E-state index contributed by atoms with van der Waals surface area (Å²) in [5.41, 5.74) is 0. The molecule has 0 aromatic rings. The van der Waals surface area contributed by atoms with Crippen molar-refractivity contribution >= 4 is 11.9 Å². The Morgan fingerprint density at radius 1 is 1.00 bits per heavy atom. The number of carbonyl (C=O) groups excluding carboxylic acids is 2. The van der Waals surface area contributed by atoms with Gasteiger partial charge in [0.15, 0.2) is 6.61 Å². The smallest absolute Gasteiger partial charge is 0.310 e. The molecule has 5 fully saturated rings. The molecule has 4 nitrogen and oxygen atoms in total. The molecule has 21 heavy (non-hydrogen) atoms. The summed E-state index contributed by atoms with van der Waals surface area (Å²) >= 11 is 0. The maximum Gasteiger partial charge on any atom is 0.310 e. The predicted molar refractivity (Wildman–Crippen MR) is 77.3 cm³/mol. The lowest BCUT2D eigenvalue weighted by molar-refractivity contribution is -0.166. The van der Waals surface area contributed by atoms with Crippen LogP contribution >= 0.6 is 0 Å². The average Bonchev–Trinajstić information content (AvgIpc) is 3.27. The molecule has 0 N–H and O–H groups in total. The second kappa shape index (κ2) is 4.99. The van der Waals surface area contributed by atoms with Crippen LogP contribution in [-0.4, -0.2) is 36.5 Å². The van der Waals surface area contributed by atoms with Crippen molar-refractivity contribution in [2.75, 3.05) is 13.7 Å². The Hall–Kier alpha value is -1.06. The van der Waals surface area contributed by atoms with Gasteiger partial charge in [0.25, 0.3) is 5.91 Å². The van der Waals surface area contributed by atoms with E-state index in [1.807, 2.05) is 7.05 Å². The van der Waals surface area contributed by atoms with Crippen molar-refractivity contribution in [2.45, 2.75) is 51.0 Å². The SMILES string of the molecule is CN(C(=O)COC(=O)C1C2CC3CC(C2)CC1C3)C1CC1. The predicted octanol–water partition coefficient (Wildman–Crippen LogP) is 2.22. The lowest BCUT2D eigenvalue weighted by atomic mass is 9.52. The number of carbonyl (C=O) groups is 2. The van der Waals surface area contributed by atoms with Crippen molar-refractivity contribution in [1.29, 1.82) is 0 Å².